The summed E-state index contributed by atoms with van der Waals surface area (Å²) in [4.78, 5) is 0. The molecule has 1 aliphatic carbocycles. The molecule has 0 aliphatic heterocycles. The van der Waals surface area contributed by atoms with Gasteiger partial charge in [-0.05, 0) is 131 Å². The van der Waals surface area contributed by atoms with E-state index >= 15 is 0 Å². The summed E-state index contributed by atoms with van der Waals surface area (Å²) in [6.07, 6.45) is 14.0. The van der Waals surface area contributed by atoms with Gasteiger partial charge in [-0.2, -0.15) is 4.67 Å². The van der Waals surface area contributed by atoms with E-state index in [1.807, 2.05) is 12.1 Å². The predicted octanol–water partition coefficient (Wildman–Crippen LogP) is 24.6. The standard InChI is InChI=1S/C36H30NO2P.C36H29NO2P.C8H12.Ir/c2*1-25(27-13-5-3-6-14-27)37(26(2)28-15-7-4-8-16-28)40-38-33-23-21-29-17-9-11-19-31(29)35(33)36-32-20-12-10-18-30(32)22-24-34(36)39-40;1-2-4-6-8-7-5-3-1;/h3-26H,1-2H3;3-26H,1H2,2H3;1-2,7-8H,3-6H2;/q;-1;;/b;;2-1-,8-7-;/t25-,26-;25-,26+;;/m00../s1. The second-order valence-electron chi connectivity index (χ2n) is 22.5. The molecule has 2 aromatic heterocycles. The Balaban J connectivity index is 0.000000152. The molecular weight excluding hydrogens is 1310 g/mol. The molecule has 4 atom stereocenters. The van der Waals surface area contributed by atoms with Crippen molar-refractivity contribution in [2.45, 2.75) is 70.6 Å². The van der Waals surface area contributed by atoms with Gasteiger partial charge in [-0.3, -0.25) is 0 Å². The molecule has 14 aromatic rings. The van der Waals surface area contributed by atoms with Crippen molar-refractivity contribution in [2.75, 3.05) is 9.34 Å². The van der Waals surface area contributed by atoms with E-state index in [0.29, 0.717) is 0 Å². The van der Waals surface area contributed by atoms with E-state index in [4.69, 9.17) is 16.8 Å². The Morgan fingerprint density at radius 2 is 0.528 bits per heavy atom. The van der Waals surface area contributed by atoms with Crippen LogP contribution in [0.15, 0.2) is 308 Å². The van der Waals surface area contributed by atoms with Gasteiger partial charge >= 0.3 is 16.3 Å². The molecule has 2 heterocycles. The van der Waals surface area contributed by atoms with Crippen LogP contribution in [0.1, 0.15) is 92.9 Å². The van der Waals surface area contributed by atoms with Gasteiger partial charge in [0.1, 0.15) is 22.3 Å². The van der Waals surface area contributed by atoms with Crippen LogP contribution in [0.5, 0.6) is 0 Å². The topological polar surface area (TPSA) is 59.0 Å². The van der Waals surface area contributed by atoms with Crippen LogP contribution in [0.2, 0.25) is 0 Å². The van der Waals surface area contributed by atoms with Crippen LogP contribution >= 0.6 is 16.3 Å². The molecule has 0 spiro atoms. The Morgan fingerprint density at radius 3 is 0.820 bits per heavy atom. The minimum Gasteiger partial charge on any atom is -0.408 e. The fourth-order valence-corrected chi connectivity index (χ4v) is 15.7. The second-order valence-corrected chi connectivity index (χ2v) is 25.1. The van der Waals surface area contributed by atoms with Crippen LogP contribution < -0.4 is 9.34 Å². The monoisotopic (exact) mass is 1380 g/mol. The Morgan fingerprint density at radius 1 is 0.292 bits per heavy atom. The smallest absolute Gasteiger partial charge is 0.310 e. The maximum Gasteiger partial charge on any atom is 0.310 e. The SMILES string of the molecule is C1=C\CC/C=C\CC/1.C[C@@H](c1ccccc1)N([C@@H](C)c1ccccc1)p1oc2ccc3ccccc3c2c2c(ccc3ccccc32)o1.[CH2-][C@@H](c1ccccc1)N([C@H](C)c1ccccc1)p1oc2ccc3ccccc3c2c2c(ccc3ccccc32)o1.[Ir]. The van der Waals surface area contributed by atoms with Crippen LogP contribution in [0.3, 0.4) is 0 Å². The Hall–Kier alpha value is -8.47. The van der Waals surface area contributed by atoms with E-state index < -0.39 is 16.3 Å². The summed E-state index contributed by atoms with van der Waals surface area (Å²) in [7, 11) is -3.14. The minimum atomic E-state index is -1.60. The number of allylic oxidation sites excluding steroid dienone is 4. The maximum absolute atomic E-state index is 7.01. The summed E-state index contributed by atoms with van der Waals surface area (Å²) in [6, 6.07) is 93.2. The molecule has 1 radical (unpaired) electrons. The first kappa shape index (κ1) is 60.8. The van der Waals surface area contributed by atoms with Gasteiger partial charge < -0.3 is 23.7 Å². The van der Waals surface area contributed by atoms with Gasteiger partial charge in [-0.15, -0.1) is 0 Å². The molecule has 9 heteroatoms. The summed E-state index contributed by atoms with van der Waals surface area (Å²) in [5, 5.41) is 13.7. The van der Waals surface area contributed by atoms with Crippen molar-refractivity contribution in [3.05, 3.63) is 320 Å². The molecule has 0 N–H and O–H groups in total. The third kappa shape index (κ3) is 13.0. The molecule has 0 amide bonds. The normalized spacial score (nSPS) is 14.4. The van der Waals surface area contributed by atoms with Crippen LogP contribution in [0.4, 0.5) is 0 Å². The largest absolute Gasteiger partial charge is 0.408 e. The van der Waals surface area contributed by atoms with Crippen LogP contribution in [-0.4, -0.2) is 0 Å². The Bertz CT molecular complexity index is 4250. The first-order valence-electron chi connectivity index (χ1n) is 30.7. The van der Waals surface area contributed by atoms with Crippen LogP contribution in [0.25, 0.3) is 87.0 Å². The quantitative estimate of drug-likeness (QED) is 0.100. The van der Waals surface area contributed by atoms with Crippen LogP contribution in [0, 0.1) is 6.92 Å². The van der Waals surface area contributed by atoms with E-state index in [1.54, 1.807) is 0 Å². The molecule has 0 bridgehead atoms. The van der Waals surface area contributed by atoms with E-state index in [2.05, 4.69) is 316 Å². The molecule has 0 saturated carbocycles. The molecule has 0 saturated heterocycles. The van der Waals surface area contributed by atoms with Crippen molar-refractivity contribution < 1.29 is 36.9 Å². The zero-order valence-electron chi connectivity index (χ0n) is 50.3. The maximum atomic E-state index is 7.01. The van der Waals surface area contributed by atoms with Gasteiger partial charge in [0.15, 0.2) is 0 Å². The summed E-state index contributed by atoms with van der Waals surface area (Å²) in [5.74, 6) is 0. The molecular formula is C80H71IrN2O4P2-. The van der Waals surface area contributed by atoms with Gasteiger partial charge in [0.2, 0.25) is 0 Å². The van der Waals surface area contributed by atoms with E-state index in [-0.39, 0.29) is 44.3 Å². The van der Waals surface area contributed by atoms with E-state index in [1.165, 1.54) is 63.9 Å². The molecule has 12 aromatic carbocycles. The summed E-state index contributed by atoms with van der Waals surface area (Å²) >= 11 is 0. The molecule has 1 aliphatic rings. The van der Waals surface area contributed by atoms with Gasteiger partial charge in [0.05, 0.1) is 0 Å². The molecule has 0 fully saturated rings. The average Bonchev–Trinajstić information content (AvgIpc) is 2.52. The number of benzene rings is 12. The van der Waals surface area contributed by atoms with E-state index in [0.717, 1.165) is 71.0 Å². The third-order valence-electron chi connectivity index (χ3n) is 17.0. The van der Waals surface area contributed by atoms with Gasteiger partial charge in [0.25, 0.3) is 0 Å². The second kappa shape index (κ2) is 28.3. The zero-order chi connectivity index (χ0) is 59.8. The van der Waals surface area contributed by atoms with Crippen molar-refractivity contribution in [1.82, 2.24) is 0 Å². The van der Waals surface area contributed by atoms with Crippen molar-refractivity contribution in [3.8, 4) is 0 Å². The van der Waals surface area contributed by atoms with Gasteiger partial charge in [0, 0.05) is 59.8 Å². The summed E-state index contributed by atoms with van der Waals surface area (Å²) in [6.45, 7) is 11.4. The fraction of sp³-hybridized carbons (Fsp3) is 0.138. The minimum absolute atomic E-state index is 0. The molecule has 0 unspecified atom stereocenters. The average molecular weight is 1380 g/mol. The zero-order valence-corrected chi connectivity index (χ0v) is 54.5. The summed E-state index contributed by atoms with van der Waals surface area (Å²) < 4.78 is 32.7. The van der Waals surface area contributed by atoms with Gasteiger partial charge in [-0.25, -0.2) is 4.67 Å². The molecule has 445 valence electrons. The Kier molecular flexibility index (Phi) is 19.4. The van der Waals surface area contributed by atoms with Crippen molar-refractivity contribution in [2.24, 2.45) is 0 Å². The fourth-order valence-electron chi connectivity index (χ4n) is 12.4. The van der Waals surface area contributed by atoms with Crippen molar-refractivity contribution in [3.63, 3.8) is 0 Å². The van der Waals surface area contributed by atoms with E-state index in [9.17, 15) is 0 Å². The number of rotatable bonds is 10. The summed E-state index contributed by atoms with van der Waals surface area (Å²) in [5.41, 5.74) is 8.10. The molecule has 6 nitrogen and oxygen atoms in total. The molecule has 89 heavy (non-hydrogen) atoms. The van der Waals surface area contributed by atoms with Crippen molar-refractivity contribution >= 4 is 103 Å². The third-order valence-corrected chi connectivity index (χ3v) is 20.5. The number of hydrogen-bond acceptors (Lipinski definition) is 6. The number of fused-ring (bicyclic) bond motifs is 14. The Labute approximate surface area is 537 Å². The number of hydrogen-bond donors (Lipinski definition) is 0. The first-order valence-corrected chi connectivity index (χ1v) is 32.9. The predicted molar refractivity (Wildman–Crippen MR) is 375 cm³/mol. The van der Waals surface area contributed by atoms with Crippen molar-refractivity contribution in [1.29, 1.82) is 0 Å². The first-order chi connectivity index (χ1) is 43.4. The van der Waals surface area contributed by atoms with Gasteiger partial charge in [-0.1, -0.05) is 279 Å². The van der Waals surface area contributed by atoms with Crippen LogP contribution in [-0.2, 0) is 20.1 Å². The molecule has 15 rings (SSSR count). The number of nitrogens with zero attached hydrogens (tertiary/aromatic N) is 2.